The number of aryl methyl sites for hydroxylation is 1. The highest BCUT2D eigenvalue weighted by molar-refractivity contribution is 7.90. The van der Waals surface area contributed by atoms with Gasteiger partial charge in [0.25, 0.3) is 15.9 Å². The molecule has 13 heteroatoms. The minimum Gasteiger partial charge on any atom is -0.475 e. The van der Waals surface area contributed by atoms with Gasteiger partial charge in [0.2, 0.25) is 5.88 Å². The van der Waals surface area contributed by atoms with Crippen LogP contribution in [0.25, 0.3) is 11.3 Å². The first kappa shape index (κ1) is 32.1. The van der Waals surface area contributed by atoms with Gasteiger partial charge in [-0.25, -0.2) is 28.1 Å². The topological polar surface area (TPSA) is 159 Å². The number of aromatic nitrogens is 3. The molecule has 0 saturated carbocycles. The Morgan fingerprint density at radius 1 is 1.14 bits per heavy atom. The van der Waals surface area contributed by atoms with Gasteiger partial charge in [0, 0.05) is 42.2 Å². The quantitative estimate of drug-likeness (QED) is 0.272. The summed E-state index contributed by atoms with van der Waals surface area (Å²) in [6, 6.07) is 7.92. The average molecular weight is 613 g/mol. The van der Waals surface area contributed by atoms with Crippen molar-refractivity contribution >= 4 is 27.6 Å². The van der Waals surface area contributed by atoms with Crippen LogP contribution in [-0.4, -0.2) is 74.4 Å². The summed E-state index contributed by atoms with van der Waals surface area (Å²) in [5.41, 5.74) is 7.72. The van der Waals surface area contributed by atoms with Crippen LogP contribution in [0.2, 0.25) is 0 Å². The monoisotopic (exact) mass is 612 g/mol. The standard InChI is InChI=1S/C30H40N6O6S/c1-6-40-12-13-41-14-15-42-29-21(3)16-22(18-33-29)24-10-9-23(27(34-24)36-19-20(2)17-30(36,4)5)28(37)35-43(38,39)25-8-7-11-32-26(25)31/h7-11,16,18,20H,6,12-15,17,19H2,1-5H3,(H2,31,32)(H,35,37)/t20-/m0/s1. The smallest absolute Gasteiger partial charge is 0.268 e. The Bertz CT molecular complexity index is 1550. The number of nitrogens with two attached hydrogens (primary N) is 1. The zero-order valence-electron chi connectivity index (χ0n) is 25.3. The van der Waals surface area contributed by atoms with Crippen molar-refractivity contribution < 1.29 is 27.4 Å². The van der Waals surface area contributed by atoms with Crippen LogP contribution in [0.4, 0.5) is 11.6 Å². The number of nitrogens with zero attached hydrogens (tertiary/aromatic N) is 4. The maximum Gasteiger partial charge on any atom is 0.268 e. The number of nitrogens with one attached hydrogen (secondary N) is 1. The molecule has 0 bridgehead atoms. The number of pyridine rings is 3. The van der Waals surface area contributed by atoms with E-state index in [0.29, 0.717) is 62.9 Å². The molecule has 43 heavy (non-hydrogen) atoms. The molecule has 1 fully saturated rings. The van der Waals surface area contributed by atoms with E-state index < -0.39 is 15.9 Å². The predicted octanol–water partition coefficient (Wildman–Crippen LogP) is 3.60. The van der Waals surface area contributed by atoms with Crippen LogP contribution in [0.5, 0.6) is 5.88 Å². The number of nitrogen functional groups attached to an aromatic ring is 1. The molecule has 0 aliphatic carbocycles. The van der Waals surface area contributed by atoms with E-state index in [1.165, 1.54) is 18.3 Å². The molecule has 1 amide bonds. The number of rotatable bonds is 13. The van der Waals surface area contributed by atoms with Crippen LogP contribution in [0.15, 0.2) is 47.6 Å². The van der Waals surface area contributed by atoms with E-state index >= 15 is 0 Å². The Morgan fingerprint density at radius 2 is 1.88 bits per heavy atom. The van der Waals surface area contributed by atoms with Crippen molar-refractivity contribution in [1.29, 1.82) is 0 Å². The molecule has 4 rings (SSSR count). The lowest BCUT2D eigenvalue weighted by Crippen LogP contribution is -2.41. The number of hydrogen-bond donors (Lipinski definition) is 2. The van der Waals surface area contributed by atoms with E-state index in [-0.39, 0.29) is 21.8 Å². The molecule has 12 nitrogen and oxygen atoms in total. The van der Waals surface area contributed by atoms with Crippen LogP contribution in [0.1, 0.15) is 50.0 Å². The number of ether oxygens (including phenoxy) is 3. The lowest BCUT2D eigenvalue weighted by molar-refractivity contribution is 0.0398. The van der Waals surface area contributed by atoms with Crippen LogP contribution >= 0.6 is 0 Å². The molecule has 3 N–H and O–H groups in total. The molecular formula is C30H40N6O6S. The maximum atomic E-state index is 13.5. The SMILES string of the molecule is CCOCCOCCOc1ncc(-c2ccc(C(=O)NS(=O)(=O)c3cccnc3N)c(N3C[C@@H](C)CC3(C)C)n2)cc1C. The van der Waals surface area contributed by atoms with E-state index in [4.69, 9.17) is 24.9 Å². The number of sulfonamides is 1. The highest BCUT2D eigenvalue weighted by atomic mass is 32.2. The Kier molecular flexibility index (Phi) is 10.2. The van der Waals surface area contributed by atoms with Gasteiger partial charge in [-0.15, -0.1) is 0 Å². The minimum atomic E-state index is -4.28. The Balaban J connectivity index is 1.60. The van der Waals surface area contributed by atoms with Crippen molar-refractivity contribution in [3.63, 3.8) is 0 Å². The van der Waals surface area contributed by atoms with Gasteiger partial charge >= 0.3 is 0 Å². The number of carbonyl (C=O) groups is 1. The molecule has 3 aromatic heterocycles. The van der Waals surface area contributed by atoms with Crippen LogP contribution in [0.3, 0.4) is 0 Å². The minimum absolute atomic E-state index is 0.130. The molecule has 0 radical (unpaired) electrons. The number of anilines is 2. The lowest BCUT2D eigenvalue weighted by Gasteiger charge is -2.34. The number of hydrogen-bond acceptors (Lipinski definition) is 11. The van der Waals surface area contributed by atoms with Gasteiger partial charge in [0.1, 0.15) is 23.1 Å². The Labute approximate surface area is 253 Å². The van der Waals surface area contributed by atoms with Gasteiger partial charge in [-0.05, 0) is 70.4 Å². The third kappa shape index (κ3) is 7.78. The normalized spacial score (nSPS) is 16.3. The zero-order valence-corrected chi connectivity index (χ0v) is 26.1. The van der Waals surface area contributed by atoms with Crippen molar-refractivity contribution in [3.8, 4) is 17.1 Å². The van der Waals surface area contributed by atoms with E-state index in [1.54, 1.807) is 18.3 Å². The first-order valence-corrected chi connectivity index (χ1v) is 15.7. The van der Waals surface area contributed by atoms with Crippen LogP contribution in [-0.2, 0) is 19.5 Å². The van der Waals surface area contributed by atoms with Crippen molar-refractivity contribution in [2.75, 3.05) is 50.2 Å². The molecule has 1 saturated heterocycles. The summed E-state index contributed by atoms with van der Waals surface area (Å²) in [6.45, 7) is 13.2. The van der Waals surface area contributed by atoms with Gasteiger partial charge in [-0.1, -0.05) is 6.92 Å². The van der Waals surface area contributed by atoms with Crippen molar-refractivity contribution in [3.05, 3.63) is 53.9 Å². The van der Waals surface area contributed by atoms with Crippen molar-refractivity contribution in [1.82, 2.24) is 19.7 Å². The number of carbonyl (C=O) groups excluding carboxylic acids is 1. The zero-order chi connectivity index (χ0) is 31.2. The first-order chi connectivity index (χ1) is 20.4. The van der Waals surface area contributed by atoms with E-state index in [1.807, 2.05) is 19.9 Å². The van der Waals surface area contributed by atoms with Crippen LogP contribution in [0, 0.1) is 12.8 Å². The van der Waals surface area contributed by atoms with E-state index in [0.717, 1.165) is 17.5 Å². The fourth-order valence-corrected chi connectivity index (χ4v) is 6.28. The van der Waals surface area contributed by atoms with Gasteiger partial charge in [-0.2, -0.15) is 0 Å². The Hall–Kier alpha value is -3.81. The van der Waals surface area contributed by atoms with E-state index in [9.17, 15) is 13.2 Å². The molecule has 1 atom stereocenters. The second kappa shape index (κ2) is 13.7. The summed E-state index contributed by atoms with van der Waals surface area (Å²) in [6.07, 6.45) is 3.92. The molecule has 0 spiro atoms. The summed E-state index contributed by atoms with van der Waals surface area (Å²) in [7, 11) is -4.28. The molecular weight excluding hydrogens is 572 g/mol. The molecule has 3 aromatic rings. The Morgan fingerprint density at radius 3 is 2.56 bits per heavy atom. The van der Waals surface area contributed by atoms with Crippen molar-refractivity contribution in [2.45, 2.75) is 51.5 Å². The molecule has 0 unspecified atom stereocenters. The van der Waals surface area contributed by atoms with Crippen LogP contribution < -0.4 is 20.1 Å². The first-order valence-electron chi connectivity index (χ1n) is 14.2. The molecule has 1 aliphatic rings. The summed E-state index contributed by atoms with van der Waals surface area (Å²) in [5, 5.41) is 0. The maximum absolute atomic E-state index is 13.5. The fraction of sp³-hybridized carbons (Fsp3) is 0.467. The lowest BCUT2D eigenvalue weighted by atomic mass is 9.97. The second-order valence-corrected chi connectivity index (χ2v) is 12.8. The van der Waals surface area contributed by atoms with Gasteiger partial charge in [-0.3, -0.25) is 4.79 Å². The summed E-state index contributed by atoms with van der Waals surface area (Å²) >= 11 is 0. The van der Waals surface area contributed by atoms with Crippen molar-refractivity contribution in [2.24, 2.45) is 5.92 Å². The largest absolute Gasteiger partial charge is 0.475 e. The third-order valence-electron chi connectivity index (χ3n) is 7.13. The summed E-state index contributed by atoms with van der Waals surface area (Å²) in [5.74, 6) is 0.215. The number of amides is 1. The van der Waals surface area contributed by atoms with E-state index in [2.05, 4.69) is 40.4 Å². The van der Waals surface area contributed by atoms with Gasteiger partial charge < -0.3 is 24.8 Å². The molecule has 232 valence electrons. The molecule has 1 aliphatic heterocycles. The highest BCUT2D eigenvalue weighted by Crippen LogP contribution is 2.38. The van der Waals surface area contributed by atoms with Gasteiger partial charge in [0.15, 0.2) is 0 Å². The summed E-state index contributed by atoms with van der Waals surface area (Å²) in [4.78, 5) is 28.5. The second-order valence-electron chi connectivity index (χ2n) is 11.1. The summed E-state index contributed by atoms with van der Waals surface area (Å²) < 4.78 is 44.8. The molecule has 4 heterocycles. The predicted molar refractivity (Wildman–Crippen MR) is 164 cm³/mol. The van der Waals surface area contributed by atoms with Gasteiger partial charge in [0.05, 0.1) is 31.1 Å². The average Bonchev–Trinajstić information content (AvgIpc) is 3.24. The molecule has 0 aromatic carbocycles. The highest BCUT2D eigenvalue weighted by Gasteiger charge is 2.39. The fourth-order valence-electron chi connectivity index (χ4n) is 5.23. The third-order valence-corrected chi connectivity index (χ3v) is 8.51.